The number of piperazine rings is 1. The summed E-state index contributed by atoms with van der Waals surface area (Å²) >= 11 is 7.77. The minimum atomic E-state index is -3.80. The van der Waals surface area contributed by atoms with Gasteiger partial charge in [-0.1, -0.05) is 29.0 Å². The number of thiazole rings is 1. The first-order chi connectivity index (χ1) is 20.3. The summed E-state index contributed by atoms with van der Waals surface area (Å²) < 4.78 is 39.3. The third-order valence-electron chi connectivity index (χ3n) is 7.30. The Labute approximate surface area is 266 Å². The van der Waals surface area contributed by atoms with Gasteiger partial charge >= 0.3 is 6.09 Å². The fraction of sp³-hybridized carbons (Fsp3) is 0.464. The monoisotopic (exact) mass is 671 g/mol. The summed E-state index contributed by atoms with van der Waals surface area (Å²) in [4.78, 5) is 36.0. The fourth-order valence-corrected chi connectivity index (χ4v) is 7.69. The first kappa shape index (κ1) is 33.4. The van der Waals surface area contributed by atoms with E-state index in [1.807, 2.05) is 12.1 Å². The van der Waals surface area contributed by atoms with Gasteiger partial charge in [0.05, 0.1) is 34.4 Å². The number of para-hydroxylation sites is 1. The van der Waals surface area contributed by atoms with Crippen LogP contribution in [0.3, 0.4) is 0 Å². The number of aromatic nitrogens is 1. The molecule has 0 unspecified atom stereocenters. The van der Waals surface area contributed by atoms with Gasteiger partial charge in [-0.2, -0.15) is 4.31 Å². The largest absolute Gasteiger partial charge is 0.450 e. The van der Waals surface area contributed by atoms with E-state index in [4.69, 9.17) is 26.1 Å². The van der Waals surface area contributed by atoms with E-state index in [0.717, 1.165) is 30.8 Å². The van der Waals surface area contributed by atoms with Gasteiger partial charge in [0, 0.05) is 57.9 Å². The minimum Gasteiger partial charge on any atom is -0.450 e. The number of fused-ring (bicyclic) bond motifs is 1. The van der Waals surface area contributed by atoms with Crippen LogP contribution in [0, 0.1) is 0 Å². The number of carbonyl (C=O) groups excluding carboxylic acids is 2. The van der Waals surface area contributed by atoms with Gasteiger partial charge < -0.3 is 14.4 Å². The second kappa shape index (κ2) is 15.0. The fourth-order valence-electron chi connectivity index (χ4n) is 4.98. The maximum absolute atomic E-state index is 13.8. The van der Waals surface area contributed by atoms with Crippen LogP contribution in [0.5, 0.6) is 0 Å². The molecule has 2 aliphatic rings. The van der Waals surface area contributed by atoms with E-state index in [1.165, 1.54) is 32.7 Å². The number of amides is 2. The number of anilines is 1. The molecule has 11 nitrogen and oxygen atoms in total. The van der Waals surface area contributed by atoms with Crippen LogP contribution in [0.4, 0.5) is 9.93 Å². The molecule has 2 amide bonds. The Morgan fingerprint density at radius 3 is 2.40 bits per heavy atom. The summed E-state index contributed by atoms with van der Waals surface area (Å²) in [5.74, 6) is -0.265. The van der Waals surface area contributed by atoms with Crippen molar-refractivity contribution >= 4 is 72.7 Å². The average Bonchev–Trinajstić information content (AvgIpc) is 3.45. The molecule has 234 valence electrons. The van der Waals surface area contributed by atoms with Crippen LogP contribution in [0.2, 0.25) is 5.02 Å². The Kier molecular flexibility index (Phi) is 11.6. The number of hydrogen-bond acceptors (Lipinski definition) is 9. The van der Waals surface area contributed by atoms with Crippen LogP contribution >= 0.6 is 35.3 Å². The number of carbonyl (C=O) groups is 2. The van der Waals surface area contributed by atoms with Crippen LogP contribution in [0.25, 0.3) is 10.2 Å². The Bertz CT molecular complexity index is 1510. The van der Waals surface area contributed by atoms with Crippen molar-refractivity contribution in [3.63, 3.8) is 0 Å². The Morgan fingerprint density at radius 2 is 1.74 bits per heavy atom. The zero-order valence-corrected chi connectivity index (χ0v) is 27.0. The Balaban J connectivity index is 0.00000423. The molecule has 15 heteroatoms. The van der Waals surface area contributed by atoms with E-state index < -0.39 is 16.1 Å². The molecular formula is C28H35Cl2N5O6S2. The lowest BCUT2D eigenvalue weighted by atomic mass is 10.2. The first-order valence-electron chi connectivity index (χ1n) is 14.0. The van der Waals surface area contributed by atoms with Crippen LogP contribution < -0.4 is 4.90 Å². The molecule has 0 N–H and O–H groups in total. The summed E-state index contributed by atoms with van der Waals surface area (Å²) in [5, 5.41) is 1.06. The number of ether oxygens (including phenoxy) is 2. The van der Waals surface area contributed by atoms with E-state index in [0.29, 0.717) is 41.0 Å². The summed E-state index contributed by atoms with van der Waals surface area (Å²) in [6.45, 7) is 7.21. The van der Waals surface area contributed by atoms with Crippen molar-refractivity contribution in [2.75, 3.05) is 77.1 Å². The lowest BCUT2D eigenvalue weighted by molar-refractivity contribution is 0.0376. The van der Waals surface area contributed by atoms with Crippen molar-refractivity contribution in [1.82, 2.24) is 19.1 Å². The summed E-state index contributed by atoms with van der Waals surface area (Å²) in [6, 6.07) is 11.5. The van der Waals surface area contributed by atoms with Crippen LogP contribution in [-0.2, 0) is 19.5 Å². The molecule has 5 rings (SSSR count). The number of hydrogen-bond donors (Lipinski definition) is 0. The van der Waals surface area contributed by atoms with Gasteiger partial charge in [-0.15, -0.1) is 12.4 Å². The molecule has 0 aliphatic carbocycles. The van der Waals surface area contributed by atoms with E-state index >= 15 is 0 Å². The van der Waals surface area contributed by atoms with Gasteiger partial charge in [-0.25, -0.2) is 18.2 Å². The number of nitrogens with zero attached hydrogens (tertiary/aromatic N) is 5. The minimum absolute atomic E-state index is 0. The van der Waals surface area contributed by atoms with Gasteiger partial charge in [-0.3, -0.25) is 14.6 Å². The summed E-state index contributed by atoms with van der Waals surface area (Å²) in [7, 11) is -3.80. The van der Waals surface area contributed by atoms with Crippen molar-refractivity contribution in [3.05, 3.63) is 53.1 Å². The standard InChI is InChI=1S/C28H34ClN5O6S2.ClH/c1-2-40-28(36)32-13-15-33(16-14-32)42(37,38)22-9-7-21(8-10-22)26(35)34(12-4-11-31-17-19-39-20-18-31)27-30-25-23(29)5-3-6-24(25)41-27;/h3,5-10H,2,4,11-20H2,1H3;1H. The van der Waals surface area contributed by atoms with E-state index in [2.05, 4.69) is 4.90 Å². The molecule has 0 spiro atoms. The summed E-state index contributed by atoms with van der Waals surface area (Å²) in [6.07, 6.45) is 0.293. The number of morpholine rings is 1. The quantitative estimate of drug-likeness (QED) is 0.333. The Morgan fingerprint density at radius 1 is 1.05 bits per heavy atom. The van der Waals surface area contributed by atoms with Gasteiger partial charge in [0.15, 0.2) is 5.13 Å². The highest BCUT2D eigenvalue weighted by molar-refractivity contribution is 7.89. The van der Waals surface area contributed by atoms with E-state index in [9.17, 15) is 18.0 Å². The smallest absolute Gasteiger partial charge is 0.409 e. The average molecular weight is 673 g/mol. The lowest BCUT2D eigenvalue weighted by Gasteiger charge is -2.33. The maximum atomic E-state index is 13.8. The van der Waals surface area contributed by atoms with Gasteiger partial charge in [0.2, 0.25) is 10.0 Å². The highest BCUT2D eigenvalue weighted by Gasteiger charge is 2.31. The SMILES string of the molecule is CCOC(=O)N1CCN(S(=O)(=O)c2ccc(C(=O)N(CCCN3CCOCC3)c3nc4c(Cl)cccc4s3)cc2)CC1.Cl. The van der Waals surface area contributed by atoms with Crippen molar-refractivity contribution in [3.8, 4) is 0 Å². The number of sulfonamides is 1. The normalized spacial score (nSPS) is 16.6. The topological polar surface area (TPSA) is 113 Å². The van der Waals surface area contributed by atoms with E-state index in [1.54, 1.807) is 30.0 Å². The predicted octanol–water partition coefficient (Wildman–Crippen LogP) is 4.20. The second-order valence-electron chi connectivity index (χ2n) is 9.96. The molecule has 3 heterocycles. The van der Waals surface area contributed by atoms with Crippen molar-refractivity contribution in [1.29, 1.82) is 0 Å². The van der Waals surface area contributed by atoms with Crippen molar-refractivity contribution < 1.29 is 27.5 Å². The molecule has 0 radical (unpaired) electrons. The maximum Gasteiger partial charge on any atom is 0.409 e. The van der Waals surface area contributed by atoms with Crippen molar-refractivity contribution in [2.24, 2.45) is 0 Å². The zero-order valence-electron chi connectivity index (χ0n) is 23.8. The van der Waals surface area contributed by atoms with Crippen LogP contribution in [0.1, 0.15) is 23.7 Å². The summed E-state index contributed by atoms with van der Waals surface area (Å²) in [5.41, 5.74) is 1.01. The van der Waals surface area contributed by atoms with Crippen LogP contribution in [-0.4, -0.2) is 112 Å². The second-order valence-corrected chi connectivity index (χ2v) is 13.3. The highest BCUT2D eigenvalue weighted by Crippen LogP contribution is 2.33. The highest BCUT2D eigenvalue weighted by atomic mass is 35.5. The molecular weight excluding hydrogens is 637 g/mol. The molecule has 0 saturated carbocycles. The lowest BCUT2D eigenvalue weighted by Crippen LogP contribution is -2.50. The molecule has 43 heavy (non-hydrogen) atoms. The third-order valence-corrected chi connectivity index (χ3v) is 10.6. The molecule has 2 fully saturated rings. The molecule has 3 aromatic rings. The molecule has 2 saturated heterocycles. The number of benzene rings is 2. The number of rotatable bonds is 9. The molecule has 0 bridgehead atoms. The number of halogens is 2. The van der Waals surface area contributed by atoms with Gasteiger partial charge in [0.1, 0.15) is 5.52 Å². The molecule has 2 aromatic carbocycles. The third kappa shape index (κ3) is 7.77. The van der Waals surface area contributed by atoms with Crippen LogP contribution in [0.15, 0.2) is 47.4 Å². The molecule has 1 aromatic heterocycles. The molecule has 0 atom stereocenters. The van der Waals surface area contributed by atoms with Gasteiger partial charge in [-0.05, 0) is 49.7 Å². The zero-order chi connectivity index (χ0) is 29.7. The van der Waals surface area contributed by atoms with E-state index in [-0.39, 0.29) is 56.0 Å². The first-order valence-corrected chi connectivity index (χ1v) is 16.6. The van der Waals surface area contributed by atoms with Gasteiger partial charge in [0.25, 0.3) is 5.91 Å². The van der Waals surface area contributed by atoms with Crippen molar-refractivity contribution in [2.45, 2.75) is 18.2 Å². The Hall–Kier alpha value is -2.52. The predicted molar refractivity (Wildman–Crippen MR) is 169 cm³/mol. The molecule has 2 aliphatic heterocycles.